The SMILES string of the molecule is Fc1[nH]c(F)c(F)c1F. The summed E-state index contributed by atoms with van der Waals surface area (Å²) in [5, 5.41) is 0. The Kier molecular flexibility index (Phi) is 1.19. The summed E-state index contributed by atoms with van der Waals surface area (Å²) in [4.78, 5) is 1.19. The van der Waals surface area contributed by atoms with Crippen LogP contribution in [0.3, 0.4) is 0 Å². The Morgan fingerprint density at radius 2 is 1.11 bits per heavy atom. The minimum atomic E-state index is -1.81. The van der Waals surface area contributed by atoms with E-state index in [1.54, 1.807) is 0 Å². The third-order valence-electron chi connectivity index (χ3n) is 0.798. The third kappa shape index (κ3) is 0.778. The zero-order chi connectivity index (χ0) is 7.02. The van der Waals surface area contributed by atoms with Crippen LogP contribution in [0.4, 0.5) is 17.6 Å². The molecule has 0 aromatic carbocycles. The van der Waals surface area contributed by atoms with E-state index >= 15 is 0 Å². The van der Waals surface area contributed by atoms with Gasteiger partial charge >= 0.3 is 0 Å². The fourth-order valence-corrected chi connectivity index (χ4v) is 0.399. The molecule has 50 valence electrons. The van der Waals surface area contributed by atoms with E-state index in [2.05, 4.69) is 0 Å². The van der Waals surface area contributed by atoms with Crippen LogP contribution >= 0.6 is 0 Å². The average Bonchev–Trinajstić information content (AvgIpc) is 1.98. The van der Waals surface area contributed by atoms with Gasteiger partial charge in [-0.3, -0.25) is 0 Å². The number of H-pyrrole nitrogens is 1. The molecule has 0 unspecified atom stereocenters. The van der Waals surface area contributed by atoms with Crippen LogP contribution in [0.15, 0.2) is 0 Å². The Hall–Kier alpha value is -1.00. The van der Waals surface area contributed by atoms with E-state index in [0.29, 0.717) is 0 Å². The molecule has 5 heteroatoms. The van der Waals surface area contributed by atoms with E-state index in [0.717, 1.165) is 0 Å². The molecule has 0 aliphatic carbocycles. The molecule has 1 N–H and O–H groups in total. The number of halogens is 4. The van der Waals surface area contributed by atoms with Crippen molar-refractivity contribution in [2.45, 2.75) is 0 Å². The maximum atomic E-state index is 11.7. The molecule has 1 aromatic rings. The van der Waals surface area contributed by atoms with Crippen LogP contribution in [-0.4, -0.2) is 4.98 Å². The molecule has 0 amide bonds. The van der Waals surface area contributed by atoms with Crippen molar-refractivity contribution in [1.29, 1.82) is 0 Å². The summed E-state index contributed by atoms with van der Waals surface area (Å²) < 4.78 is 46.8. The molecule has 1 heterocycles. The summed E-state index contributed by atoms with van der Waals surface area (Å²) >= 11 is 0. The summed E-state index contributed by atoms with van der Waals surface area (Å²) in [5.41, 5.74) is 0. The van der Waals surface area contributed by atoms with Crippen LogP contribution in [0, 0.1) is 23.5 Å². The van der Waals surface area contributed by atoms with Gasteiger partial charge in [0.25, 0.3) is 0 Å². The lowest BCUT2D eigenvalue weighted by atomic mass is 10.6. The summed E-state index contributed by atoms with van der Waals surface area (Å²) in [6, 6.07) is 0. The van der Waals surface area contributed by atoms with Crippen molar-refractivity contribution >= 4 is 0 Å². The smallest absolute Gasteiger partial charge is 0.232 e. The number of hydrogen-bond acceptors (Lipinski definition) is 0. The molecule has 0 spiro atoms. The van der Waals surface area contributed by atoms with Crippen molar-refractivity contribution in [3.8, 4) is 0 Å². The van der Waals surface area contributed by atoms with Crippen LogP contribution in [0.25, 0.3) is 0 Å². The Morgan fingerprint density at radius 1 is 0.778 bits per heavy atom. The summed E-state index contributed by atoms with van der Waals surface area (Å²) in [5.74, 6) is -6.87. The van der Waals surface area contributed by atoms with Crippen LogP contribution < -0.4 is 0 Å². The lowest BCUT2D eigenvalue weighted by Crippen LogP contribution is -1.78. The molecular weight excluding hydrogens is 138 g/mol. The van der Waals surface area contributed by atoms with Gasteiger partial charge in [-0.1, -0.05) is 0 Å². The zero-order valence-corrected chi connectivity index (χ0v) is 4.01. The van der Waals surface area contributed by atoms with Crippen LogP contribution in [0.2, 0.25) is 0 Å². The second-order valence-electron chi connectivity index (χ2n) is 1.38. The zero-order valence-electron chi connectivity index (χ0n) is 4.01. The van der Waals surface area contributed by atoms with Gasteiger partial charge in [0, 0.05) is 0 Å². The van der Waals surface area contributed by atoms with Gasteiger partial charge in [0.05, 0.1) is 0 Å². The Morgan fingerprint density at radius 3 is 1.22 bits per heavy atom. The van der Waals surface area contributed by atoms with E-state index in [-0.39, 0.29) is 0 Å². The molecule has 0 aliphatic heterocycles. The van der Waals surface area contributed by atoms with Gasteiger partial charge in [-0.15, -0.1) is 0 Å². The fourth-order valence-electron chi connectivity index (χ4n) is 0.399. The molecule has 1 nitrogen and oxygen atoms in total. The molecule has 1 rings (SSSR count). The van der Waals surface area contributed by atoms with Crippen molar-refractivity contribution in [3.05, 3.63) is 23.5 Å². The molecular formula is C4HF4N. The van der Waals surface area contributed by atoms with Crippen molar-refractivity contribution in [2.75, 3.05) is 0 Å². The molecule has 0 fully saturated rings. The van der Waals surface area contributed by atoms with Crippen molar-refractivity contribution in [2.24, 2.45) is 0 Å². The van der Waals surface area contributed by atoms with Crippen LogP contribution in [0.1, 0.15) is 0 Å². The third-order valence-corrected chi connectivity index (χ3v) is 0.798. The quantitative estimate of drug-likeness (QED) is 0.525. The van der Waals surface area contributed by atoms with Crippen LogP contribution in [-0.2, 0) is 0 Å². The van der Waals surface area contributed by atoms with Crippen molar-refractivity contribution < 1.29 is 17.6 Å². The predicted octanol–water partition coefficient (Wildman–Crippen LogP) is 1.57. The first-order chi connectivity index (χ1) is 4.13. The van der Waals surface area contributed by atoms with Gasteiger partial charge in [-0.2, -0.15) is 17.6 Å². The Bertz CT molecular complexity index is 206. The molecule has 0 bridgehead atoms. The molecule has 0 saturated carbocycles. The first-order valence-corrected chi connectivity index (χ1v) is 2.01. The maximum absolute atomic E-state index is 11.7. The van der Waals surface area contributed by atoms with E-state index in [1.807, 2.05) is 0 Å². The standard InChI is InChI=1S/C4HF4N/c5-1-2(6)4(8)9-3(1)7/h9H. The lowest BCUT2D eigenvalue weighted by Gasteiger charge is -1.74. The molecule has 9 heavy (non-hydrogen) atoms. The lowest BCUT2D eigenvalue weighted by molar-refractivity contribution is 0.440. The van der Waals surface area contributed by atoms with Crippen LogP contribution in [0.5, 0.6) is 0 Å². The topological polar surface area (TPSA) is 15.8 Å². The molecule has 0 aliphatic rings. The van der Waals surface area contributed by atoms with Gasteiger partial charge in [0.15, 0.2) is 0 Å². The van der Waals surface area contributed by atoms with Gasteiger partial charge < -0.3 is 4.98 Å². The maximum Gasteiger partial charge on any atom is 0.232 e. The fraction of sp³-hybridized carbons (Fsp3) is 0. The van der Waals surface area contributed by atoms with E-state index in [9.17, 15) is 17.6 Å². The van der Waals surface area contributed by atoms with Gasteiger partial charge in [0.2, 0.25) is 23.5 Å². The second-order valence-corrected chi connectivity index (χ2v) is 1.38. The molecule has 0 atom stereocenters. The van der Waals surface area contributed by atoms with Gasteiger partial charge in [0.1, 0.15) is 0 Å². The predicted molar refractivity (Wildman–Crippen MR) is 20.6 cm³/mol. The normalized spacial score (nSPS) is 10.2. The summed E-state index contributed by atoms with van der Waals surface area (Å²) in [6.45, 7) is 0. The minimum Gasteiger partial charge on any atom is -0.303 e. The number of aromatic nitrogens is 1. The van der Waals surface area contributed by atoms with Gasteiger partial charge in [-0.25, -0.2) is 0 Å². The number of rotatable bonds is 0. The van der Waals surface area contributed by atoms with E-state index in [1.165, 1.54) is 4.98 Å². The molecule has 0 radical (unpaired) electrons. The summed E-state index contributed by atoms with van der Waals surface area (Å²) in [7, 11) is 0. The number of hydrogen-bond donors (Lipinski definition) is 1. The van der Waals surface area contributed by atoms with Gasteiger partial charge in [-0.05, 0) is 0 Å². The van der Waals surface area contributed by atoms with Crippen molar-refractivity contribution in [1.82, 2.24) is 4.98 Å². The minimum absolute atomic E-state index is 1.19. The highest BCUT2D eigenvalue weighted by atomic mass is 19.2. The Balaban J connectivity index is 3.29. The first kappa shape index (κ1) is 6.12. The molecule has 1 aromatic heterocycles. The number of nitrogens with one attached hydrogen (secondary N) is 1. The Labute approximate surface area is 47.3 Å². The highest BCUT2D eigenvalue weighted by Gasteiger charge is 2.16. The van der Waals surface area contributed by atoms with E-state index in [4.69, 9.17) is 0 Å². The highest BCUT2D eigenvalue weighted by molar-refractivity contribution is 5.00. The number of aromatic amines is 1. The van der Waals surface area contributed by atoms with E-state index < -0.39 is 23.5 Å². The summed E-state index contributed by atoms with van der Waals surface area (Å²) in [6.07, 6.45) is 0. The average molecular weight is 139 g/mol. The largest absolute Gasteiger partial charge is 0.303 e. The highest BCUT2D eigenvalue weighted by Crippen LogP contribution is 2.11. The van der Waals surface area contributed by atoms with Crippen molar-refractivity contribution in [3.63, 3.8) is 0 Å². The second kappa shape index (κ2) is 1.75. The molecule has 0 saturated heterocycles. The monoisotopic (exact) mass is 139 g/mol. The first-order valence-electron chi connectivity index (χ1n) is 2.01.